The number of rotatable bonds is 5. The zero-order chi connectivity index (χ0) is 13.8. The molecule has 1 aliphatic rings. The average molecular weight is 268 g/mol. The second kappa shape index (κ2) is 6.12. The Morgan fingerprint density at radius 2 is 2.37 bits per heavy atom. The summed E-state index contributed by atoms with van der Waals surface area (Å²) in [7, 11) is 1.71. The molecule has 0 aliphatic heterocycles. The highest BCUT2D eigenvalue weighted by atomic mass is 16.5. The molecule has 0 aromatic carbocycles. The molecule has 106 valence electrons. The minimum atomic E-state index is -1.05. The third-order valence-electron chi connectivity index (χ3n) is 3.65. The summed E-state index contributed by atoms with van der Waals surface area (Å²) in [6.07, 6.45) is 4.59. The predicted octanol–water partition coefficient (Wildman–Crippen LogP) is 0.608. The van der Waals surface area contributed by atoms with E-state index in [-0.39, 0.29) is 17.8 Å². The average Bonchev–Trinajstić information content (AvgIpc) is 2.83. The Labute approximate surface area is 111 Å². The lowest BCUT2D eigenvalue weighted by molar-refractivity contribution is 0.0499. The molecule has 2 unspecified atom stereocenters. The van der Waals surface area contributed by atoms with E-state index in [1.54, 1.807) is 11.8 Å². The molecule has 2 rings (SSSR count). The Bertz CT molecular complexity index is 446. The molecule has 1 aliphatic carbocycles. The van der Waals surface area contributed by atoms with Crippen LogP contribution < -0.4 is 5.73 Å². The van der Waals surface area contributed by atoms with Crippen LogP contribution in [-0.4, -0.2) is 45.8 Å². The van der Waals surface area contributed by atoms with E-state index >= 15 is 0 Å². The smallest absolute Gasteiger partial charge is 0.358 e. The van der Waals surface area contributed by atoms with Gasteiger partial charge in [-0.1, -0.05) is 5.21 Å². The molecule has 1 aromatic rings. The van der Waals surface area contributed by atoms with Crippen molar-refractivity contribution >= 4 is 5.97 Å². The zero-order valence-electron chi connectivity index (χ0n) is 11.1. The molecule has 7 heteroatoms. The van der Waals surface area contributed by atoms with Gasteiger partial charge in [-0.2, -0.15) is 0 Å². The van der Waals surface area contributed by atoms with Crippen molar-refractivity contribution in [1.29, 1.82) is 0 Å². The first-order chi connectivity index (χ1) is 9.17. The summed E-state index contributed by atoms with van der Waals surface area (Å²) >= 11 is 0. The van der Waals surface area contributed by atoms with E-state index in [1.807, 2.05) is 0 Å². The highest BCUT2D eigenvalue weighted by Gasteiger charge is 2.28. The molecule has 19 heavy (non-hydrogen) atoms. The lowest BCUT2D eigenvalue weighted by Crippen LogP contribution is -2.26. The van der Waals surface area contributed by atoms with Crippen LogP contribution in [-0.2, 0) is 11.2 Å². The number of nitrogens with two attached hydrogens (primary N) is 1. The molecule has 1 fully saturated rings. The number of methoxy groups -OCH3 is 1. The summed E-state index contributed by atoms with van der Waals surface area (Å²) in [5.41, 5.74) is 6.19. The van der Waals surface area contributed by atoms with Gasteiger partial charge in [-0.15, -0.1) is 5.10 Å². The van der Waals surface area contributed by atoms with E-state index in [2.05, 4.69) is 10.3 Å². The fourth-order valence-electron chi connectivity index (χ4n) is 2.70. The van der Waals surface area contributed by atoms with Crippen molar-refractivity contribution in [3.05, 3.63) is 11.4 Å². The third kappa shape index (κ3) is 2.93. The van der Waals surface area contributed by atoms with Crippen molar-refractivity contribution in [2.75, 3.05) is 13.7 Å². The summed E-state index contributed by atoms with van der Waals surface area (Å²) in [5, 5.41) is 16.9. The summed E-state index contributed by atoms with van der Waals surface area (Å²) in [6.45, 7) is 0.383. The standard InChI is InChI=1S/C12H20N4O3/c1-19-9-4-2-3-8(7-9)16-10(5-6-13)11(12(17)18)14-15-16/h8-9H,2-7,13H2,1H3,(H,17,18). The Balaban J connectivity index is 2.25. The number of aromatic nitrogens is 3. The van der Waals surface area contributed by atoms with Gasteiger partial charge < -0.3 is 15.6 Å². The number of carboxylic acid groups (broad SMARTS) is 1. The molecule has 0 saturated heterocycles. The lowest BCUT2D eigenvalue weighted by atomic mass is 9.92. The Morgan fingerprint density at radius 3 is 3.00 bits per heavy atom. The molecule has 3 N–H and O–H groups in total. The maximum atomic E-state index is 11.1. The molecule has 0 radical (unpaired) electrons. The minimum Gasteiger partial charge on any atom is -0.476 e. The van der Waals surface area contributed by atoms with E-state index in [4.69, 9.17) is 15.6 Å². The van der Waals surface area contributed by atoms with Gasteiger partial charge in [0, 0.05) is 13.5 Å². The van der Waals surface area contributed by atoms with Crippen molar-refractivity contribution in [1.82, 2.24) is 15.0 Å². The first kappa shape index (κ1) is 14.0. The van der Waals surface area contributed by atoms with Crippen LogP contribution in [0.2, 0.25) is 0 Å². The Kier molecular flexibility index (Phi) is 4.49. The second-order valence-electron chi connectivity index (χ2n) is 4.85. The third-order valence-corrected chi connectivity index (χ3v) is 3.65. The molecule has 0 amide bonds. The molecule has 1 heterocycles. The molecule has 1 aromatic heterocycles. The number of hydrogen-bond acceptors (Lipinski definition) is 5. The summed E-state index contributed by atoms with van der Waals surface area (Å²) in [5.74, 6) is -1.05. The highest BCUT2D eigenvalue weighted by molar-refractivity contribution is 5.86. The van der Waals surface area contributed by atoms with Gasteiger partial charge in [-0.25, -0.2) is 9.48 Å². The van der Waals surface area contributed by atoms with E-state index in [0.29, 0.717) is 18.7 Å². The number of aromatic carboxylic acids is 1. The van der Waals surface area contributed by atoms with Crippen LogP contribution >= 0.6 is 0 Å². The van der Waals surface area contributed by atoms with Crippen LogP contribution in [0.15, 0.2) is 0 Å². The molecular formula is C12H20N4O3. The Hall–Kier alpha value is -1.47. The van der Waals surface area contributed by atoms with Gasteiger partial charge in [0.2, 0.25) is 0 Å². The summed E-state index contributed by atoms with van der Waals surface area (Å²) < 4.78 is 7.13. The lowest BCUT2D eigenvalue weighted by Gasteiger charge is -2.29. The maximum Gasteiger partial charge on any atom is 0.358 e. The van der Waals surface area contributed by atoms with Gasteiger partial charge in [-0.3, -0.25) is 0 Å². The van der Waals surface area contributed by atoms with Crippen molar-refractivity contribution in [2.45, 2.75) is 44.2 Å². The number of hydrogen-bond donors (Lipinski definition) is 2. The van der Waals surface area contributed by atoms with Gasteiger partial charge in [0.1, 0.15) is 0 Å². The SMILES string of the molecule is COC1CCCC(n2nnc(C(=O)O)c2CCN)C1. The van der Waals surface area contributed by atoms with E-state index in [1.165, 1.54) is 0 Å². The fourth-order valence-corrected chi connectivity index (χ4v) is 2.70. The van der Waals surface area contributed by atoms with Crippen molar-refractivity contribution in [2.24, 2.45) is 5.73 Å². The van der Waals surface area contributed by atoms with Crippen LogP contribution in [0.5, 0.6) is 0 Å². The fraction of sp³-hybridized carbons (Fsp3) is 0.750. The van der Waals surface area contributed by atoms with Crippen molar-refractivity contribution in [3.63, 3.8) is 0 Å². The highest BCUT2D eigenvalue weighted by Crippen LogP contribution is 2.30. The first-order valence-electron chi connectivity index (χ1n) is 6.57. The van der Waals surface area contributed by atoms with Crippen LogP contribution in [0.1, 0.15) is 47.9 Å². The largest absolute Gasteiger partial charge is 0.476 e. The van der Waals surface area contributed by atoms with Gasteiger partial charge in [-0.05, 0) is 32.2 Å². The number of carboxylic acids is 1. The minimum absolute atomic E-state index is 0.0185. The number of nitrogens with zero attached hydrogens (tertiary/aromatic N) is 3. The van der Waals surface area contributed by atoms with E-state index in [9.17, 15) is 4.79 Å². The summed E-state index contributed by atoms with van der Waals surface area (Å²) in [6, 6.07) is 0.154. The van der Waals surface area contributed by atoms with E-state index < -0.39 is 5.97 Å². The maximum absolute atomic E-state index is 11.1. The Morgan fingerprint density at radius 1 is 1.58 bits per heavy atom. The monoisotopic (exact) mass is 268 g/mol. The molecular weight excluding hydrogens is 248 g/mol. The molecule has 0 bridgehead atoms. The quantitative estimate of drug-likeness (QED) is 0.810. The molecule has 7 nitrogen and oxygen atoms in total. The van der Waals surface area contributed by atoms with Crippen molar-refractivity contribution < 1.29 is 14.6 Å². The first-order valence-corrected chi connectivity index (χ1v) is 6.57. The second-order valence-corrected chi connectivity index (χ2v) is 4.85. The topological polar surface area (TPSA) is 103 Å². The number of ether oxygens (including phenoxy) is 1. The summed E-state index contributed by atoms with van der Waals surface area (Å²) in [4.78, 5) is 11.1. The van der Waals surface area contributed by atoms with Crippen molar-refractivity contribution in [3.8, 4) is 0 Å². The van der Waals surface area contributed by atoms with Gasteiger partial charge in [0.25, 0.3) is 0 Å². The normalized spacial score (nSPS) is 23.5. The molecule has 1 saturated carbocycles. The number of carbonyl (C=O) groups is 1. The zero-order valence-corrected chi connectivity index (χ0v) is 11.1. The van der Waals surface area contributed by atoms with Gasteiger partial charge >= 0.3 is 5.97 Å². The molecule has 2 atom stereocenters. The predicted molar refractivity (Wildman–Crippen MR) is 68.0 cm³/mol. The van der Waals surface area contributed by atoms with Crippen LogP contribution in [0.25, 0.3) is 0 Å². The van der Waals surface area contributed by atoms with E-state index in [0.717, 1.165) is 25.7 Å². The van der Waals surface area contributed by atoms with Crippen LogP contribution in [0, 0.1) is 0 Å². The van der Waals surface area contributed by atoms with Gasteiger partial charge in [0.15, 0.2) is 5.69 Å². The van der Waals surface area contributed by atoms with Crippen LogP contribution in [0.3, 0.4) is 0 Å². The van der Waals surface area contributed by atoms with Gasteiger partial charge in [0.05, 0.1) is 17.8 Å². The van der Waals surface area contributed by atoms with Crippen LogP contribution in [0.4, 0.5) is 0 Å². The molecule has 0 spiro atoms.